The minimum atomic E-state index is 0.931. The van der Waals surface area contributed by atoms with Gasteiger partial charge in [0, 0.05) is 0 Å². The molecule has 0 amide bonds. The molecule has 0 spiro atoms. The standard InChI is InChI=1S/C15H26/c1-13(15-10-6-3-7-11-15)12-14-8-4-2-5-9-14/h12,14-15H,2-11H2,1H3. The van der Waals surface area contributed by atoms with Gasteiger partial charge in [0.2, 0.25) is 0 Å². The highest BCUT2D eigenvalue weighted by Crippen LogP contribution is 2.32. The van der Waals surface area contributed by atoms with Crippen molar-refractivity contribution in [3.05, 3.63) is 11.6 Å². The fourth-order valence-electron chi connectivity index (χ4n) is 3.37. The van der Waals surface area contributed by atoms with Gasteiger partial charge < -0.3 is 0 Å². The molecule has 2 aliphatic carbocycles. The first kappa shape index (κ1) is 11.2. The molecule has 15 heavy (non-hydrogen) atoms. The molecule has 0 heterocycles. The van der Waals surface area contributed by atoms with Gasteiger partial charge in [-0.25, -0.2) is 0 Å². The molecular formula is C15H26. The Kier molecular flexibility index (Phi) is 4.29. The highest BCUT2D eigenvalue weighted by Gasteiger charge is 2.17. The predicted molar refractivity (Wildman–Crippen MR) is 66.9 cm³/mol. The molecule has 0 heteroatoms. The second kappa shape index (κ2) is 5.72. The first-order valence-electron chi connectivity index (χ1n) is 7.04. The van der Waals surface area contributed by atoms with Crippen LogP contribution < -0.4 is 0 Å². The molecule has 0 aromatic rings. The minimum Gasteiger partial charge on any atom is -0.0822 e. The molecule has 0 radical (unpaired) electrons. The molecule has 86 valence electrons. The van der Waals surface area contributed by atoms with Crippen LogP contribution in [-0.4, -0.2) is 0 Å². The summed E-state index contributed by atoms with van der Waals surface area (Å²) in [5.41, 5.74) is 1.72. The molecular weight excluding hydrogens is 180 g/mol. The SMILES string of the molecule is CC(=CC1CCCCC1)C1CCCCC1. The number of hydrogen-bond donors (Lipinski definition) is 0. The molecule has 2 saturated carbocycles. The van der Waals surface area contributed by atoms with Crippen molar-refractivity contribution in [3.63, 3.8) is 0 Å². The van der Waals surface area contributed by atoms with Crippen molar-refractivity contribution in [3.8, 4) is 0 Å². The summed E-state index contributed by atoms with van der Waals surface area (Å²) in [6, 6.07) is 0. The van der Waals surface area contributed by atoms with E-state index in [2.05, 4.69) is 13.0 Å². The fraction of sp³-hybridized carbons (Fsp3) is 0.867. The van der Waals surface area contributed by atoms with Crippen molar-refractivity contribution < 1.29 is 0 Å². The molecule has 2 fully saturated rings. The van der Waals surface area contributed by atoms with Gasteiger partial charge in [0.05, 0.1) is 0 Å². The Morgan fingerprint density at radius 2 is 1.33 bits per heavy atom. The molecule has 0 unspecified atom stereocenters. The van der Waals surface area contributed by atoms with Crippen LogP contribution in [0, 0.1) is 11.8 Å². The lowest BCUT2D eigenvalue weighted by atomic mass is 9.81. The molecule has 0 aliphatic heterocycles. The summed E-state index contributed by atoms with van der Waals surface area (Å²) in [5.74, 6) is 1.88. The third-order valence-corrected chi connectivity index (χ3v) is 4.40. The zero-order valence-electron chi connectivity index (χ0n) is 10.3. The molecule has 2 aliphatic rings. The van der Waals surface area contributed by atoms with Gasteiger partial charge in [-0.1, -0.05) is 50.2 Å². The van der Waals surface area contributed by atoms with Crippen LogP contribution in [0.15, 0.2) is 11.6 Å². The van der Waals surface area contributed by atoms with Crippen molar-refractivity contribution in [2.75, 3.05) is 0 Å². The molecule has 0 N–H and O–H groups in total. The highest BCUT2D eigenvalue weighted by atomic mass is 14.2. The smallest absolute Gasteiger partial charge is 0.0206 e. The van der Waals surface area contributed by atoms with E-state index in [0.717, 1.165) is 11.8 Å². The lowest BCUT2D eigenvalue weighted by Gasteiger charge is -2.25. The van der Waals surface area contributed by atoms with Crippen molar-refractivity contribution in [1.29, 1.82) is 0 Å². The lowest BCUT2D eigenvalue weighted by Crippen LogP contribution is -2.10. The van der Waals surface area contributed by atoms with Crippen LogP contribution in [0.3, 0.4) is 0 Å². The van der Waals surface area contributed by atoms with E-state index in [1.54, 1.807) is 5.57 Å². The van der Waals surface area contributed by atoms with Gasteiger partial charge in [0.15, 0.2) is 0 Å². The Balaban J connectivity index is 1.86. The van der Waals surface area contributed by atoms with E-state index in [0.29, 0.717) is 0 Å². The second-order valence-corrected chi connectivity index (χ2v) is 5.64. The quantitative estimate of drug-likeness (QED) is 0.552. The maximum absolute atomic E-state index is 2.63. The van der Waals surface area contributed by atoms with Gasteiger partial charge in [-0.15, -0.1) is 0 Å². The van der Waals surface area contributed by atoms with Crippen molar-refractivity contribution >= 4 is 0 Å². The largest absolute Gasteiger partial charge is 0.0822 e. The van der Waals surface area contributed by atoms with Crippen molar-refractivity contribution in [2.45, 2.75) is 71.1 Å². The topological polar surface area (TPSA) is 0 Å². The van der Waals surface area contributed by atoms with Crippen LogP contribution in [0.25, 0.3) is 0 Å². The Bertz CT molecular complexity index is 202. The van der Waals surface area contributed by atoms with E-state index in [1.807, 2.05) is 0 Å². The van der Waals surface area contributed by atoms with Crippen molar-refractivity contribution in [2.24, 2.45) is 11.8 Å². The maximum atomic E-state index is 2.63. The molecule has 0 aromatic carbocycles. The molecule has 0 aromatic heterocycles. The molecule has 0 bridgehead atoms. The fourth-order valence-corrected chi connectivity index (χ4v) is 3.37. The van der Waals surface area contributed by atoms with E-state index in [-0.39, 0.29) is 0 Å². The third kappa shape index (κ3) is 3.36. The summed E-state index contributed by atoms with van der Waals surface area (Å²) in [6.07, 6.45) is 17.3. The number of allylic oxidation sites excluding steroid dienone is 2. The van der Waals surface area contributed by atoms with Gasteiger partial charge in [-0.2, -0.15) is 0 Å². The Hall–Kier alpha value is -0.260. The zero-order chi connectivity index (χ0) is 10.5. The first-order chi connectivity index (χ1) is 7.36. The average Bonchev–Trinajstić information content (AvgIpc) is 2.31. The van der Waals surface area contributed by atoms with Crippen LogP contribution in [-0.2, 0) is 0 Å². The normalized spacial score (nSPS) is 26.9. The van der Waals surface area contributed by atoms with E-state index in [9.17, 15) is 0 Å². The van der Waals surface area contributed by atoms with Crippen LogP contribution in [0.4, 0.5) is 0 Å². The predicted octanol–water partition coefficient (Wildman–Crippen LogP) is 5.09. The van der Waals surface area contributed by atoms with Gasteiger partial charge in [-0.3, -0.25) is 0 Å². The summed E-state index contributed by atoms with van der Waals surface area (Å²) in [7, 11) is 0. The second-order valence-electron chi connectivity index (χ2n) is 5.64. The summed E-state index contributed by atoms with van der Waals surface area (Å²) in [4.78, 5) is 0. The highest BCUT2D eigenvalue weighted by molar-refractivity contribution is 5.07. The molecule has 0 saturated heterocycles. The average molecular weight is 206 g/mol. The molecule has 0 nitrogen and oxygen atoms in total. The van der Waals surface area contributed by atoms with Crippen LogP contribution in [0.1, 0.15) is 71.1 Å². The maximum Gasteiger partial charge on any atom is -0.0206 e. The van der Waals surface area contributed by atoms with Crippen LogP contribution >= 0.6 is 0 Å². The van der Waals surface area contributed by atoms with Crippen molar-refractivity contribution in [1.82, 2.24) is 0 Å². The van der Waals surface area contributed by atoms with Gasteiger partial charge in [-0.05, 0) is 44.4 Å². The summed E-state index contributed by atoms with van der Waals surface area (Å²) in [5, 5.41) is 0. The van der Waals surface area contributed by atoms with E-state index in [4.69, 9.17) is 0 Å². The van der Waals surface area contributed by atoms with E-state index in [1.165, 1.54) is 64.2 Å². The van der Waals surface area contributed by atoms with E-state index >= 15 is 0 Å². The van der Waals surface area contributed by atoms with E-state index < -0.39 is 0 Å². The Morgan fingerprint density at radius 3 is 1.93 bits per heavy atom. The first-order valence-corrected chi connectivity index (χ1v) is 7.04. The van der Waals surface area contributed by atoms with Crippen LogP contribution in [0.5, 0.6) is 0 Å². The summed E-state index contributed by atoms with van der Waals surface area (Å²) in [6.45, 7) is 2.39. The number of hydrogen-bond acceptors (Lipinski definition) is 0. The van der Waals surface area contributed by atoms with Gasteiger partial charge >= 0.3 is 0 Å². The Labute approximate surface area is 95.1 Å². The molecule has 2 rings (SSSR count). The third-order valence-electron chi connectivity index (χ3n) is 4.40. The minimum absolute atomic E-state index is 0.931. The van der Waals surface area contributed by atoms with Gasteiger partial charge in [0.1, 0.15) is 0 Å². The number of rotatable bonds is 2. The summed E-state index contributed by atoms with van der Waals surface area (Å²) < 4.78 is 0. The van der Waals surface area contributed by atoms with Crippen LogP contribution in [0.2, 0.25) is 0 Å². The zero-order valence-corrected chi connectivity index (χ0v) is 10.3. The molecule has 0 atom stereocenters. The van der Waals surface area contributed by atoms with Gasteiger partial charge in [0.25, 0.3) is 0 Å². The summed E-state index contributed by atoms with van der Waals surface area (Å²) >= 11 is 0. The lowest BCUT2D eigenvalue weighted by molar-refractivity contribution is 0.387. The monoisotopic (exact) mass is 206 g/mol. The Morgan fingerprint density at radius 1 is 0.800 bits per heavy atom.